The van der Waals surface area contributed by atoms with E-state index in [0.717, 1.165) is 18.5 Å². The lowest BCUT2D eigenvalue weighted by Gasteiger charge is -2.31. The van der Waals surface area contributed by atoms with Crippen LogP contribution in [0, 0.1) is 0 Å². The summed E-state index contributed by atoms with van der Waals surface area (Å²) in [5.41, 5.74) is 3.28. The highest BCUT2D eigenvalue weighted by Crippen LogP contribution is 2.38. The fourth-order valence-electron chi connectivity index (χ4n) is 3.95. The van der Waals surface area contributed by atoms with Gasteiger partial charge in [0.1, 0.15) is 11.4 Å². The third kappa shape index (κ3) is 3.95. The fraction of sp³-hybridized carbons (Fsp3) is 0.333. The van der Waals surface area contributed by atoms with E-state index in [0.29, 0.717) is 29.1 Å². The van der Waals surface area contributed by atoms with E-state index in [2.05, 4.69) is 35.8 Å². The molecule has 0 aromatic heterocycles. The van der Waals surface area contributed by atoms with Crippen molar-refractivity contribution in [3.05, 3.63) is 82.7 Å². The van der Waals surface area contributed by atoms with Crippen LogP contribution >= 0.6 is 0 Å². The molecule has 5 heteroatoms. The van der Waals surface area contributed by atoms with Crippen LogP contribution in [0.3, 0.4) is 0 Å². The van der Waals surface area contributed by atoms with E-state index in [1.807, 2.05) is 44.2 Å². The first-order valence-corrected chi connectivity index (χ1v) is 10.1. The Hall–Kier alpha value is -2.59. The standard InChI is InChI=1S/C22H22N2O2.C2H6.ClH/c1-3-13-23-15(2)24(14-16-9-5-4-6-10-16)20-19(23)21(25)17-11-7-8-12-18(17)22(20)26;1-2;/h4-12,15H,3,13-14H2,1-2H3;1-2H3;1H/p-1. The molecule has 2 aromatic carbocycles. The van der Waals surface area contributed by atoms with Crippen molar-refractivity contribution in [1.82, 2.24) is 9.80 Å². The Morgan fingerprint density at radius 3 is 1.79 bits per heavy atom. The predicted molar refractivity (Wildman–Crippen MR) is 112 cm³/mol. The van der Waals surface area contributed by atoms with Crippen LogP contribution in [0.15, 0.2) is 66.0 Å². The summed E-state index contributed by atoms with van der Waals surface area (Å²) in [6, 6.07) is 17.2. The van der Waals surface area contributed by atoms with Crippen molar-refractivity contribution < 1.29 is 22.0 Å². The number of halogens is 1. The minimum atomic E-state index is -0.0448. The number of rotatable bonds is 4. The maximum atomic E-state index is 13.3. The Labute approximate surface area is 179 Å². The maximum Gasteiger partial charge on any atom is 0.212 e. The monoisotopic (exact) mass is 411 g/mol. The van der Waals surface area contributed by atoms with Crippen molar-refractivity contribution >= 4 is 11.6 Å². The van der Waals surface area contributed by atoms with Gasteiger partial charge in [0, 0.05) is 24.2 Å². The highest BCUT2D eigenvalue weighted by molar-refractivity contribution is 6.26. The first kappa shape index (κ1) is 22.7. The molecule has 2 aliphatic rings. The average Bonchev–Trinajstić information content (AvgIpc) is 3.01. The number of hydrogen-bond acceptors (Lipinski definition) is 4. The molecule has 0 bridgehead atoms. The van der Waals surface area contributed by atoms with E-state index in [9.17, 15) is 9.59 Å². The SMILES string of the molecule is CC.CCCN1C2=C(C(=O)c3ccccc3C2=O)N(Cc2ccccc2)C1C.[Cl-]. The van der Waals surface area contributed by atoms with Crippen LogP contribution in [0.2, 0.25) is 0 Å². The zero-order valence-electron chi connectivity index (χ0n) is 17.5. The first-order chi connectivity index (χ1) is 13.6. The summed E-state index contributed by atoms with van der Waals surface area (Å²) in [7, 11) is 0. The van der Waals surface area contributed by atoms with E-state index in [1.54, 1.807) is 12.1 Å². The maximum absolute atomic E-state index is 13.3. The van der Waals surface area contributed by atoms with Crippen LogP contribution in [-0.2, 0) is 6.54 Å². The summed E-state index contributed by atoms with van der Waals surface area (Å²) in [4.78, 5) is 30.6. The Morgan fingerprint density at radius 2 is 1.28 bits per heavy atom. The molecular formula is C24H28ClN2O2-. The number of nitrogens with zero attached hydrogens (tertiary/aromatic N) is 2. The minimum absolute atomic E-state index is 0. The van der Waals surface area contributed by atoms with Crippen LogP contribution in [0.25, 0.3) is 0 Å². The summed E-state index contributed by atoms with van der Waals surface area (Å²) in [5, 5.41) is 0. The zero-order chi connectivity index (χ0) is 20.3. The molecule has 0 N–H and O–H groups in total. The van der Waals surface area contributed by atoms with Gasteiger partial charge < -0.3 is 22.2 Å². The summed E-state index contributed by atoms with van der Waals surface area (Å²) < 4.78 is 0. The molecule has 1 aliphatic carbocycles. The quantitative estimate of drug-likeness (QED) is 0.770. The number of carbonyl (C=O) groups excluding carboxylic acids is 2. The molecule has 0 amide bonds. The minimum Gasteiger partial charge on any atom is -1.00 e. The van der Waals surface area contributed by atoms with E-state index in [-0.39, 0.29) is 30.1 Å². The van der Waals surface area contributed by atoms with E-state index >= 15 is 0 Å². The molecule has 1 aliphatic heterocycles. The number of ketones is 2. The molecule has 4 rings (SSSR count). The lowest BCUT2D eigenvalue weighted by atomic mass is 9.90. The number of benzene rings is 2. The van der Waals surface area contributed by atoms with Crippen molar-refractivity contribution in [3.63, 3.8) is 0 Å². The van der Waals surface area contributed by atoms with Gasteiger partial charge in [-0.3, -0.25) is 9.59 Å². The lowest BCUT2D eigenvalue weighted by molar-refractivity contribution is -0.0000200. The molecule has 1 heterocycles. The van der Waals surface area contributed by atoms with Crippen molar-refractivity contribution in [2.45, 2.75) is 46.8 Å². The van der Waals surface area contributed by atoms with Gasteiger partial charge in [-0.05, 0) is 18.9 Å². The van der Waals surface area contributed by atoms with Gasteiger partial charge in [-0.1, -0.05) is 75.4 Å². The van der Waals surface area contributed by atoms with Crippen LogP contribution in [-0.4, -0.2) is 34.1 Å². The smallest absolute Gasteiger partial charge is 0.212 e. The molecule has 1 atom stereocenters. The van der Waals surface area contributed by atoms with Gasteiger partial charge in [-0.2, -0.15) is 0 Å². The molecular weight excluding hydrogens is 384 g/mol. The first-order valence-electron chi connectivity index (χ1n) is 10.1. The molecule has 2 aromatic rings. The second-order valence-corrected chi connectivity index (χ2v) is 6.84. The number of Topliss-reactive ketones (excluding diaryl/α,β-unsaturated/α-hetero) is 2. The Bertz CT molecular complexity index is 908. The van der Waals surface area contributed by atoms with E-state index in [4.69, 9.17) is 0 Å². The summed E-state index contributed by atoms with van der Waals surface area (Å²) in [6.45, 7) is 9.53. The van der Waals surface area contributed by atoms with Gasteiger partial charge >= 0.3 is 0 Å². The summed E-state index contributed by atoms with van der Waals surface area (Å²) in [5.74, 6) is -0.0809. The number of hydrogen-bond donors (Lipinski definition) is 0. The summed E-state index contributed by atoms with van der Waals surface area (Å²) in [6.07, 6.45) is 0.894. The molecule has 4 nitrogen and oxygen atoms in total. The second kappa shape index (κ2) is 9.75. The molecule has 0 fully saturated rings. The van der Waals surface area contributed by atoms with Gasteiger partial charge in [-0.25, -0.2) is 0 Å². The molecule has 0 saturated carbocycles. The molecule has 0 spiro atoms. The van der Waals surface area contributed by atoms with Crippen LogP contribution in [0.4, 0.5) is 0 Å². The van der Waals surface area contributed by atoms with E-state index in [1.165, 1.54) is 0 Å². The fourth-order valence-corrected chi connectivity index (χ4v) is 3.95. The topological polar surface area (TPSA) is 40.6 Å². The number of carbonyl (C=O) groups is 2. The van der Waals surface area contributed by atoms with Crippen molar-refractivity contribution in [2.75, 3.05) is 6.54 Å². The third-order valence-electron chi connectivity index (χ3n) is 5.21. The Morgan fingerprint density at radius 1 is 0.793 bits per heavy atom. The zero-order valence-corrected chi connectivity index (χ0v) is 18.2. The van der Waals surface area contributed by atoms with Gasteiger partial charge in [-0.15, -0.1) is 0 Å². The second-order valence-electron chi connectivity index (χ2n) is 6.84. The van der Waals surface area contributed by atoms with Crippen molar-refractivity contribution in [1.29, 1.82) is 0 Å². The van der Waals surface area contributed by atoms with Crippen molar-refractivity contribution in [3.8, 4) is 0 Å². The van der Waals surface area contributed by atoms with E-state index < -0.39 is 0 Å². The summed E-state index contributed by atoms with van der Waals surface area (Å²) >= 11 is 0. The normalized spacial score (nSPS) is 17.3. The molecule has 29 heavy (non-hydrogen) atoms. The largest absolute Gasteiger partial charge is 1.00 e. The van der Waals surface area contributed by atoms with Crippen molar-refractivity contribution in [2.24, 2.45) is 0 Å². The van der Waals surface area contributed by atoms with Gasteiger partial charge in [0.05, 0.1) is 6.17 Å². The number of fused-ring (bicyclic) bond motifs is 1. The van der Waals surface area contributed by atoms with Gasteiger partial charge in [0.2, 0.25) is 11.6 Å². The van der Waals surface area contributed by atoms with Crippen LogP contribution in [0.1, 0.15) is 60.4 Å². The third-order valence-corrected chi connectivity index (χ3v) is 5.21. The van der Waals surface area contributed by atoms with Gasteiger partial charge in [0.15, 0.2) is 0 Å². The molecule has 1 unspecified atom stereocenters. The average molecular weight is 412 g/mol. The van der Waals surface area contributed by atoms with Crippen LogP contribution in [0.5, 0.6) is 0 Å². The Kier molecular flexibility index (Phi) is 7.63. The highest BCUT2D eigenvalue weighted by atomic mass is 35.5. The van der Waals surface area contributed by atoms with Gasteiger partial charge in [0.25, 0.3) is 0 Å². The molecule has 0 radical (unpaired) electrons. The Balaban J connectivity index is 0.000000970. The molecule has 0 saturated heterocycles. The van der Waals surface area contributed by atoms with Crippen LogP contribution < -0.4 is 12.4 Å². The lowest BCUT2D eigenvalue weighted by Crippen LogP contribution is -3.00. The predicted octanol–water partition coefficient (Wildman–Crippen LogP) is 1.88. The highest BCUT2D eigenvalue weighted by Gasteiger charge is 2.45. The number of allylic oxidation sites excluding steroid dienone is 2. The molecule has 154 valence electrons.